The van der Waals surface area contributed by atoms with Gasteiger partial charge in [-0.15, -0.1) is 0 Å². The summed E-state index contributed by atoms with van der Waals surface area (Å²) >= 11 is 0. The van der Waals surface area contributed by atoms with Crippen molar-refractivity contribution < 1.29 is 9.47 Å². The molecule has 1 aliphatic heterocycles. The van der Waals surface area contributed by atoms with Crippen molar-refractivity contribution in [2.45, 2.75) is 58.7 Å². The number of nitrogens with zero attached hydrogens (tertiary/aromatic N) is 1. The summed E-state index contributed by atoms with van der Waals surface area (Å²) in [5.41, 5.74) is 1.33. The van der Waals surface area contributed by atoms with Crippen molar-refractivity contribution in [1.82, 2.24) is 4.90 Å². The third-order valence-corrected chi connectivity index (χ3v) is 4.43. The van der Waals surface area contributed by atoms with Crippen molar-refractivity contribution in [1.29, 1.82) is 0 Å². The zero-order valence-electron chi connectivity index (χ0n) is 14.5. The third-order valence-electron chi connectivity index (χ3n) is 4.43. The van der Waals surface area contributed by atoms with Gasteiger partial charge in [0.1, 0.15) is 5.75 Å². The van der Waals surface area contributed by atoms with E-state index in [0.717, 1.165) is 44.8 Å². The van der Waals surface area contributed by atoms with Gasteiger partial charge >= 0.3 is 0 Å². The molecule has 1 aromatic carbocycles. The predicted octanol–water partition coefficient (Wildman–Crippen LogP) is 4.08. The molecule has 1 saturated heterocycles. The van der Waals surface area contributed by atoms with Crippen LogP contribution < -0.4 is 4.74 Å². The highest BCUT2D eigenvalue weighted by Crippen LogP contribution is 2.28. The van der Waals surface area contributed by atoms with E-state index in [-0.39, 0.29) is 0 Å². The van der Waals surface area contributed by atoms with Gasteiger partial charge in [-0.1, -0.05) is 32.0 Å². The Morgan fingerprint density at radius 2 is 1.91 bits per heavy atom. The van der Waals surface area contributed by atoms with E-state index >= 15 is 0 Å². The second kappa shape index (κ2) is 8.54. The molecule has 0 radical (unpaired) electrons. The van der Waals surface area contributed by atoms with Gasteiger partial charge in [0.2, 0.25) is 0 Å². The average Bonchev–Trinajstić information content (AvgIpc) is 2.50. The lowest BCUT2D eigenvalue weighted by molar-refractivity contribution is -0.0686. The fraction of sp³-hybridized carbons (Fsp3) is 0.684. The van der Waals surface area contributed by atoms with Crippen molar-refractivity contribution in [2.24, 2.45) is 0 Å². The molecule has 3 heteroatoms. The molecule has 22 heavy (non-hydrogen) atoms. The molecule has 1 aliphatic rings. The maximum Gasteiger partial charge on any atom is 0.122 e. The Morgan fingerprint density at radius 1 is 1.23 bits per heavy atom. The van der Waals surface area contributed by atoms with Crippen LogP contribution in [0.1, 0.15) is 52.0 Å². The van der Waals surface area contributed by atoms with Gasteiger partial charge in [0.25, 0.3) is 0 Å². The maximum atomic E-state index is 6.05. The number of hydrogen-bond acceptors (Lipinski definition) is 3. The number of hydrogen-bond donors (Lipinski definition) is 0. The molecule has 3 nitrogen and oxygen atoms in total. The molecule has 1 fully saturated rings. The van der Waals surface area contributed by atoms with Crippen LogP contribution in [0.25, 0.3) is 0 Å². The van der Waals surface area contributed by atoms with Gasteiger partial charge in [0.15, 0.2) is 0 Å². The van der Waals surface area contributed by atoms with Crippen LogP contribution in [-0.4, -0.2) is 43.3 Å². The number of para-hydroxylation sites is 1. The van der Waals surface area contributed by atoms with Crippen LogP contribution in [0.2, 0.25) is 0 Å². The minimum Gasteiger partial charge on any atom is -0.493 e. The molecule has 0 unspecified atom stereocenters. The first kappa shape index (κ1) is 17.3. The molecule has 124 valence electrons. The van der Waals surface area contributed by atoms with Crippen molar-refractivity contribution in [3.63, 3.8) is 0 Å². The molecule has 1 aromatic rings. The SMILES string of the molecule is CC[C@@H](C)c1ccccc1OCCCN1C[C@@H](C)O[C@H](C)C1. The van der Waals surface area contributed by atoms with Gasteiger partial charge in [-0.3, -0.25) is 4.90 Å². The number of benzene rings is 1. The summed E-state index contributed by atoms with van der Waals surface area (Å²) in [4.78, 5) is 2.49. The van der Waals surface area contributed by atoms with Crippen LogP contribution in [0.4, 0.5) is 0 Å². The minimum absolute atomic E-state index is 0.343. The molecule has 0 bridgehead atoms. The van der Waals surface area contributed by atoms with Crippen LogP contribution in [0.5, 0.6) is 5.75 Å². The summed E-state index contributed by atoms with van der Waals surface area (Å²) in [6.45, 7) is 12.7. The largest absolute Gasteiger partial charge is 0.493 e. The van der Waals surface area contributed by atoms with Gasteiger partial charge in [0, 0.05) is 19.6 Å². The normalized spacial score (nSPS) is 24.2. The van der Waals surface area contributed by atoms with E-state index in [1.165, 1.54) is 5.56 Å². The van der Waals surface area contributed by atoms with Crippen molar-refractivity contribution in [3.8, 4) is 5.75 Å². The van der Waals surface area contributed by atoms with Gasteiger partial charge < -0.3 is 9.47 Å². The second-order valence-electron chi connectivity index (χ2n) is 6.57. The van der Waals surface area contributed by atoms with E-state index in [2.05, 4.69) is 56.9 Å². The second-order valence-corrected chi connectivity index (χ2v) is 6.57. The Hall–Kier alpha value is -1.06. The predicted molar refractivity (Wildman–Crippen MR) is 91.7 cm³/mol. The Kier molecular flexibility index (Phi) is 6.71. The molecule has 0 N–H and O–H groups in total. The minimum atomic E-state index is 0.343. The first-order valence-corrected chi connectivity index (χ1v) is 8.69. The summed E-state index contributed by atoms with van der Waals surface area (Å²) < 4.78 is 11.8. The van der Waals surface area contributed by atoms with Gasteiger partial charge in [-0.25, -0.2) is 0 Å². The molecule has 1 heterocycles. The maximum absolute atomic E-state index is 6.05. The molecular weight excluding hydrogens is 274 g/mol. The summed E-state index contributed by atoms with van der Waals surface area (Å²) in [5, 5.41) is 0. The lowest BCUT2D eigenvalue weighted by atomic mass is 9.98. The molecule has 0 aliphatic carbocycles. The summed E-state index contributed by atoms with van der Waals surface area (Å²) in [6.07, 6.45) is 2.89. The topological polar surface area (TPSA) is 21.7 Å². The molecular formula is C19H31NO2. The van der Waals surface area contributed by atoms with Crippen LogP contribution in [0.15, 0.2) is 24.3 Å². The van der Waals surface area contributed by atoms with E-state index in [9.17, 15) is 0 Å². The number of rotatable bonds is 7. The van der Waals surface area contributed by atoms with E-state index in [0.29, 0.717) is 18.1 Å². The Labute approximate surface area is 135 Å². The Morgan fingerprint density at radius 3 is 2.59 bits per heavy atom. The zero-order chi connectivity index (χ0) is 15.9. The Bertz CT molecular complexity index is 439. The molecule has 2 rings (SSSR count). The fourth-order valence-corrected chi connectivity index (χ4v) is 3.18. The Balaban J connectivity index is 1.77. The van der Waals surface area contributed by atoms with E-state index in [1.54, 1.807) is 0 Å². The average molecular weight is 305 g/mol. The van der Waals surface area contributed by atoms with Crippen LogP contribution in [0.3, 0.4) is 0 Å². The summed E-state index contributed by atoms with van der Waals surface area (Å²) in [5.74, 6) is 1.61. The zero-order valence-corrected chi connectivity index (χ0v) is 14.5. The first-order chi connectivity index (χ1) is 10.6. The lowest BCUT2D eigenvalue weighted by Gasteiger charge is -2.35. The standard InChI is InChI=1S/C19H31NO2/c1-5-15(2)18-9-6-7-10-19(18)21-12-8-11-20-13-16(3)22-17(4)14-20/h6-7,9-10,15-17H,5,8,11-14H2,1-4H3/t15-,16-,17-/m1/s1. The van der Waals surface area contributed by atoms with E-state index < -0.39 is 0 Å². The molecule has 0 saturated carbocycles. The first-order valence-electron chi connectivity index (χ1n) is 8.69. The summed E-state index contributed by atoms with van der Waals surface area (Å²) in [7, 11) is 0. The fourth-order valence-electron chi connectivity index (χ4n) is 3.18. The number of morpholine rings is 1. The molecule has 0 aromatic heterocycles. The van der Waals surface area contributed by atoms with Crippen LogP contribution >= 0.6 is 0 Å². The molecule has 0 spiro atoms. The van der Waals surface area contributed by atoms with E-state index in [1.807, 2.05) is 0 Å². The quantitative estimate of drug-likeness (QED) is 0.709. The van der Waals surface area contributed by atoms with Gasteiger partial charge in [-0.05, 0) is 44.2 Å². The molecule has 0 amide bonds. The van der Waals surface area contributed by atoms with Crippen molar-refractivity contribution in [3.05, 3.63) is 29.8 Å². The smallest absolute Gasteiger partial charge is 0.122 e. The number of ether oxygens (including phenoxy) is 2. The third kappa shape index (κ3) is 4.99. The van der Waals surface area contributed by atoms with Crippen LogP contribution in [-0.2, 0) is 4.74 Å². The monoisotopic (exact) mass is 305 g/mol. The van der Waals surface area contributed by atoms with Crippen molar-refractivity contribution >= 4 is 0 Å². The lowest BCUT2D eigenvalue weighted by Crippen LogP contribution is -2.45. The van der Waals surface area contributed by atoms with E-state index in [4.69, 9.17) is 9.47 Å². The summed E-state index contributed by atoms with van der Waals surface area (Å²) in [6, 6.07) is 8.45. The highest BCUT2D eigenvalue weighted by atomic mass is 16.5. The van der Waals surface area contributed by atoms with Gasteiger partial charge in [0.05, 0.1) is 18.8 Å². The highest BCUT2D eigenvalue weighted by Gasteiger charge is 2.21. The van der Waals surface area contributed by atoms with Crippen molar-refractivity contribution in [2.75, 3.05) is 26.2 Å². The molecule has 3 atom stereocenters. The highest BCUT2D eigenvalue weighted by molar-refractivity contribution is 5.35. The van der Waals surface area contributed by atoms with Crippen LogP contribution in [0, 0.1) is 0 Å². The van der Waals surface area contributed by atoms with Gasteiger partial charge in [-0.2, -0.15) is 0 Å².